The van der Waals surface area contributed by atoms with Gasteiger partial charge >= 0.3 is 0 Å². The van der Waals surface area contributed by atoms with Gasteiger partial charge in [-0.05, 0) is 64.7 Å². The Morgan fingerprint density at radius 2 is 1.91 bits per heavy atom. The summed E-state index contributed by atoms with van der Waals surface area (Å²) >= 11 is 0. The number of carbonyl (C=O) groups excluding carboxylic acids is 2. The number of nitrogens with one attached hydrogen (secondary N) is 2. The summed E-state index contributed by atoms with van der Waals surface area (Å²) < 4.78 is 11.3. The van der Waals surface area contributed by atoms with E-state index in [1.165, 1.54) is 12.5 Å². The molecule has 0 bridgehead atoms. The highest BCUT2D eigenvalue weighted by atomic mass is 16.5. The summed E-state index contributed by atoms with van der Waals surface area (Å²) in [6, 6.07) is 8.05. The number of benzene rings is 1. The molecule has 0 spiro atoms. The minimum atomic E-state index is -0.854. The van der Waals surface area contributed by atoms with Gasteiger partial charge in [-0.1, -0.05) is 32.9 Å². The first-order chi connectivity index (χ1) is 16.2. The van der Waals surface area contributed by atoms with E-state index < -0.39 is 5.60 Å². The van der Waals surface area contributed by atoms with Gasteiger partial charge in [0.25, 0.3) is 0 Å². The van der Waals surface area contributed by atoms with Crippen molar-refractivity contribution in [1.29, 1.82) is 0 Å². The number of aliphatic hydroxyl groups is 1. The Kier molecular flexibility index (Phi) is 16.4. The Morgan fingerprint density at radius 3 is 2.44 bits per heavy atom. The number of ether oxygens (including phenoxy) is 2. The number of nitrogens with zero attached hydrogens (tertiary/aromatic N) is 1. The maximum atomic E-state index is 11.7. The molecule has 34 heavy (non-hydrogen) atoms. The molecule has 3 N–H and O–H groups in total. The van der Waals surface area contributed by atoms with Gasteiger partial charge in [0.2, 0.25) is 5.91 Å². The van der Waals surface area contributed by atoms with Crippen LogP contribution in [-0.4, -0.2) is 60.8 Å². The van der Waals surface area contributed by atoms with E-state index in [9.17, 15) is 9.90 Å². The van der Waals surface area contributed by atoms with Crippen molar-refractivity contribution in [3.05, 3.63) is 29.8 Å². The topological polar surface area (TPSA) is 100 Å². The molecule has 1 saturated carbocycles. The first-order valence-corrected chi connectivity index (χ1v) is 12.4. The summed E-state index contributed by atoms with van der Waals surface area (Å²) in [6.45, 7) is 15.4. The molecule has 8 nitrogen and oxygen atoms in total. The third kappa shape index (κ3) is 13.0. The molecule has 0 saturated heterocycles. The highest BCUT2D eigenvalue weighted by Crippen LogP contribution is 2.45. The fraction of sp³-hybridized carbons (Fsp3) is 0.692. The van der Waals surface area contributed by atoms with Gasteiger partial charge in [-0.25, -0.2) is 5.43 Å². The van der Waals surface area contributed by atoms with E-state index in [4.69, 9.17) is 14.3 Å². The average molecular weight is 482 g/mol. The zero-order chi connectivity index (χ0) is 26.0. The molecule has 0 heterocycles. The Balaban J connectivity index is 0.00000201. The molecule has 1 aliphatic carbocycles. The second kappa shape index (κ2) is 17.4. The van der Waals surface area contributed by atoms with E-state index in [1.54, 1.807) is 18.7 Å². The predicted molar refractivity (Wildman–Crippen MR) is 136 cm³/mol. The van der Waals surface area contributed by atoms with Crippen LogP contribution in [0.3, 0.4) is 0 Å². The minimum Gasteiger partial charge on any atom is -0.491 e. The quantitative estimate of drug-likeness (QED) is 0.161. The third-order valence-corrected chi connectivity index (χ3v) is 4.93. The van der Waals surface area contributed by atoms with Gasteiger partial charge in [-0.3, -0.25) is 10.2 Å². The minimum absolute atomic E-state index is 0.0541. The largest absolute Gasteiger partial charge is 0.491 e. The summed E-state index contributed by atoms with van der Waals surface area (Å²) in [4.78, 5) is 22.2. The monoisotopic (exact) mass is 481 g/mol. The van der Waals surface area contributed by atoms with Crippen LogP contribution in [0, 0.1) is 0 Å². The summed E-state index contributed by atoms with van der Waals surface area (Å²) in [5.41, 5.74) is 7.03. The van der Waals surface area contributed by atoms with Crippen LogP contribution in [-0.2, 0) is 19.9 Å². The van der Waals surface area contributed by atoms with Gasteiger partial charge in [-0.15, -0.1) is 0 Å². The molecule has 1 aromatic rings. The van der Waals surface area contributed by atoms with Crippen molar-refractivity contribution in [2.75, 3.05) is 33.0 Å². The molecule has 1 aliphatic rings. The lowest BCUT2D eigenvalue weighted by Gasteiger charge is -2.22. The van der Waals surface area contributed by atoms with Crippen LogP contribution in [0.5, 0.6) is 5.75 Å². The zero-order valence-electron chi connectivity index (χ0n) is 22.3. The Labute approximate surface area is 206 Å². The van der Waals surface area contributed by atoms with Crippen LogP contribution in [0.4, 0.5) is 0 Å². The van der Waals surface area contributed by atoms with E-state index in [1.807, 2.05) is 45.9 Å². The maximum Gasteiger partial charge on any atom is 0.224 e. The molecule has 8 heteroatoms. The molecule has 1 fully saturated rings. The molecule has 196 valence electrons. The van der Waals surface area contributed by atoms with Crippen molar-refractivity contribution >= 4 is 12.2 Å². The van der Waals surface area contributed by atoms with Crippen LogP contribution >= 0.6 is 0 Å². The Hall–Kier alpha value is -2.00. The predicted octanol–water partition coefficient (Wildman–Crippen LogP) is 3.77. The number of carbonyl (C=O) groups is 2. The number of hydrogen-bond acceptors (Lipinski definition) is 7. The second-order valence-electron chi connectivity index (χ2n) is 8.49. The lowest BCUT2D eigenvalue weighted by molar-refractivity contribution is -0.136. The molecule has 2 rings (SSSR count). The second-order valence-corrected chi connectivity index (χ2v) is 8.49. The standard InChI is InChI=1S/C22H37N3O4.C2H4O.C2H6/c1-5-20(26)25(6-2)17-28-14-8-13-23-24-22(11-12-22)18-9-7-10-19(15-18)29-16-21(3,4)27;1-2-3;1-2/h7,9-10,15,23-24,27H,5-6,8,11-14,16-17H2,1-4H3;2H,1H3;1-2H3. The average Bonchev–Trinajstić information content (AvgIpc) is 3.62. The van der Waals surface area contributed by atoms with Gasteiger partial charge in [0.05, 0.1) is 17.7 Å². The van der Waals surface area contributed by atoms with Crippen molar-refractivity contribution < 1.29 is 24.2 Å². The van der Waals surface area contributed by atoms with Crippen molar-refractivity contribution in [2.24, 2.45) is 0 Å². The fourth-order valence-electron chi connectivity index (χ4n) is 2.99. The number of aldehydes is 1. The van der Waals surface area contributed by atoms with Gasteiger partial charge in [0, 0.05) is 19.5 Å². The van der Waals surface area contributed by atoms with Gasteiger partial charge in [0.1, 0.15) is 25.4 Å². The van der Waals surface area contributed by atoms with Crippen LogP contribution in [0.25, 0.3) is 0 Å². The molecule has 0 atom stereocenters. The van der Waals surface area contributed by atoms with Crippen molar-refractivity contribution in [3.63, 3.8) is 0 Å². The van der Waals surface area contributed by atoms with Crippen molar-refractivity contribution in [2.45, 2.75) is 85.3 Å². The number of hydrazine groups is 1. The van der Waals surface area contributed by atoms with E-state index in [2.05, 4.69) is 16.9 Å². The van der Waals surface area contributed by atoms with E-state index in [0.717, 1.165) is 37.8 Å². The van der Waals surface area contributed by atoms with Crippen LogP contribution in [0.1, 0.15) is 79.7 Å². The molecule has 0 aliphatic heterocycles. The number of rotatable bonds is 14. The van der Waals surface area contributed by atoms with E-state index in [-0.39, 0.29) is 18.1 Å². The fourth-order valence-corrected chi connectivity index (χ4v) is 2.99. The van der Waals surface area contributed by atoms with E-state index >= 15 is 0 Å². The van der Waals surface area contributed by atoms with Gasteiger partial charge in [0.15, 0.2) is 0 Å². The highest BCUT2D eigenvalue weighted by Gasteiger charge is 2.44. The van der Waals surface area contributed by atoms with Crippen LogP contribution in [0.2, 0.25) is 0 Å². The molecule has 0 radical (unpaired) electrons. The first kappa shape index (κ1) is 32.0. The molecule has 0 aromatic heterocycles. The maximum absolute atomic E-state index is 11.7. The molecule has 1 amide bonds. The number of hydrogen-bond donors (Lipinski definition) is 3. The lowest BCUT2D eigenvalue weighted by atomic mass is 10.1. The molecular weight excluding hydrogens is 434 g/mol. The van der Waals surface area contributed by atoms with Crippen LogP contribution in [0.15, 0.2) is 24.3 Å². The SMILES string of the molecule is CC.CC=O.CCC(=O)N(CC)COCCCNNC1(c2cccc(OCC(C)(C)O)c2)CC1. The molecule has 1 aromatic carbocycles. The van der Waals surface area contributed by atoms with Crippen molar-refractivity contribution in [3.8, 4) is 5.75 Å². The Morgan fingerprint density at radius 1 is 1.26 bits per heavy atom. The first-order valence-electron chi connectivity index (χ1n) is 12.4. The van der Waals surface area contributed by atoms with Gasteiger partial charge in [-0.2, -0.15) is 0 Å². The van der Waals surface area contributed by atoms with Crippen LogP contribution < -0.4 is 15.6 Å². The summed E-state index contributed by atoms with van der Waals surface area (Å²) in [5.74, 6) is 0.893. The number of amides is 1. The van der Waals surface area contributed by atoms with Gasteiger partial charge < -0.3 is 24.3 Å². The van der Waals surface area contributed by atoms with E-state index in [0.29, 0.717) is 26.3 Å². The summed E-state index contributed by atoms with van der Waals surface area (Å²) in [5, 5.41) is 9.83. The van der Waals surface area contributed by atoms with Crippen molar-refractivity contribution in [1.82, 2.24) is 15.8 Å². The highest BCUT2D eigenvalue weighted by molar-refractivity contribution is 5.75. The summed E-state index contributed by atoms with van der Waals surface area (Å²) in [6.07, 6.45) is 4.25. The lowest BCUT2D eigenvalue weighted by Crippen LogP contribution is -2.41. The normalized spacial score (nSPS) is 13.5. The third-order valence-electron chi connectivity index (χ3n) is 4.93. The zero-order valence-corrected chi connectivity index (χ0v) is 22.3. The Bertz CT molecular complexity index is 687. The summed E-state index contributed by atoms with van der Waals surface area (Å²) in [7, 11) is 0. The molecular formula is C26H47N3O5. The molecule has 0 unspecified atom stereocenters. The smallest absolute Gasteiger partial charge is 0.224 e.